The molecule has 4 aromatic rings. The van der Waals surface area contributed by atoms with E-state index in [0.717, 1.165) is 38.9 Å². The molecular formula is C26H23N3O4. The van der Waals surface area contributed by atoms with E-state index >= 15 is 0 Å². The summed E-state index contributed by atoms with van der Waals surface area (Å²) in [5.41, 5.74) is 6.14. The standard InChI is InChI=1S/C26H23N3O4/c1-32-25(30)23(13-16-14-28-24-17(16)11-6-12-27-24)29-26(31)33-15-22-20-9-4-2-7-18(20)19-8-3-5-10-21(19)22/h2-12,14,22-23H,13,15H2,1H3,(H,27,28)(H,29,31)/t23-/m1/s1. The highest BCUT2D eigenvalue weighted by molar-refractivity contribution is 5.84. The van der Waals surface area contributed by atoms with Crippen LogP contribution < -0.4 is 5.32 Å². The average Bonchev–Trinajstić information content (AvgIpc) is 3.41. The van der Waals surface area contributed by atoms with E-state index in [1.165, 1.54) is 7.11 Å². The monoisotopic (exact) mass is 441 g/mol. The summed E-state index contributed by atoms with van der Waals surface area (Å²) >= 11 is 0. The molecule has 2 aromatic carbocycles. The number of rotatable bonds is 6. The zero-order valence-electron chi connectivity index (χ0n) is 18.1. The van der Waals surface area contributed by atoms with Crippen LogP contribution in [0.25, 0.3) is 22.2 Å². The summed E-state index contributed by atoms with van der Waals surface area (Å²) in [4.78, 5) is 32.4. The normalized spacial score (nSPS) is 13.2. The molecule has 1 aliphatic carbocycles. The molecule has 166 valence electrons. The first-order chi connectivity index (χ1) is 16.2. The lowest BCUT2D eigenvalue weighted by molar-refractivity contribution is -0.142. The van der Waals surface area contributed by atoms with Crippen LogP contribution in [0.15, 0.2) is 73.1 Å². The van der Waals surface area contributed by atoms with Crippen LogP contribution in [0.5, 0.6) is 0 Å². The van der Waals surface area contributed by atoms with Gasteiger partial charge in [-0.15, -0.1) is 0 Å². The third kappa shape index (κ3) is 3.93. The maximum atomic E-state index is 12.7. The number of esters is 1. The first-order valence-electron chi connectivity index (χ1n) is 10.8. The third-order valence-corrected chi connectivity index (χ3v) is 6.08. The fraction of sp³-hybridized carbons (Fsp3) is 0.192. The van der Waals surface area contributed by atoms with Gasteiger partial charge in [0, 0.05) is 30.1 Å². The van der Waals surface area contributed by atoms with Crippen molar-refractivity contribution in [2.24, 2.45) is 0 Å². The molecule has 0 spiro atoms. The van der Waals surface area contributed by atoms with E-state index in [4.69, 9.17) is 9.47 Å². The van der Waals surface area contributed by atoms with Crippen molar-refractivity contribution < 1.29 is 19.1 Å². The van der Waals surface area contributed by atoms with Crippen molar-refractivity contribution in [3.8, 4) is 11.1 Å². The molecule has 2 N–H and O–H groups in total. The molecule has 0 radical (unpaired) electrons. The summed E-state index contributed by atoms with van der Waals surface area (Å²) in [6.45, 7) is 0.171. The Morgan fingerprint density at radius 2 is 1.73 bits per heavy atom. The summed E-state index contributed by atoms with van der Waals surface area (Å²) in [5, 5.41) is 3.56. The number of aromatic nitrogens is 2. The van der Waals surface area contributed by atoms with Crippen molar-refractivity contribution in [3.05, 3.63) is 89.7 Å². The molecule has 2 heterocycles. The fourth-order valence-corrected chi connectivity index (χ4v) is 4.52. The predicted molar refractivity (Wildman–Crippen MR) is 124 cm³/mol. The quantitative estimate of drug-likeness (QED) is 0.438. The van der Waals surface area contributed by atoms with Gasteiger partial charge in [0.05, 0.1) is 7.11 Å². The molecule has 0 saturated heterocycles. The SMILES string of the molecule is COC(=O)[C@@H](Cc1c[nH]c2ncccc12)NC(=O)OCC1c2ccccc2-c2ccccc21. The van der Waals surface area contributed by atoms with E-state index in [0.29, 0.717) is 0 Å². The molecule has 0 saturated carbocycles. The Labute approximate surface area is 190 Å². The Bertz CT molecular complexity index is 1280. The molecule has 0 aliphatic heterocycles. The minimum Gasteiger partial charge on any atom is -0.467 e. The zero-order chi connectivity index (χ0) is 22.8. The van der Waals surface area contributed by atoms with Gasteiger partial charge in [0.2, 0.25) is 0 Å². The van der Waals surface area contributed by atoms with E-state index in [-0.39, 0.29) is 18.9 Å². The van der Waals surface area contributed by atoms with Gasteiger partial charge in [-0.1, -0.05) is 48.5 Å². The topological polar surface area (TPSA) is 93.3 Å². The highest BCUT2D eigenvalue weighted by Crippen LogP contribution is 2.44. The van der Waals surface area contributed by atoms with Crippen LogP contribution in [0.3, 0.4) is 0 Å². The van der Waals surface area contributed by atoms with Crippen molar-refractivity contribution in [2.75, 3.05) is 13.7 Å². The van der Waals surface area contributed by atoms with Crippen LogP contribution in [0.1, 0.15) is 22.6 Å². The maximum Gasteiger partial charge on any atom is 0.407 e. The molecule has 7 heteroatoms. The lowest BCUT2D eigenvalue weighted by Gasteiger charge is -2.18. The van der Waals surface area contributed by atoms with Gasteiger partial charge in [-0.05, 0) is 39.9 Å². The first kappa shape index (κ1) is 20.8. The molecular weight excluding hydrogens is 418 g/mol. The number of carbonyl (C=O) groups is 2. The van der Waals surface area contributed by atoms with Gasteiger partial charge < -0.3 is 19.8 Å². The number of hydrogen-bond acceptors (Lipinski definition) is 5. The lowest BCUT2D eigenvalue weighted by atomic mass is 9.98. The molecule has 0 bridgehead atoms. The molecule has 1 atom stereocenters. The number of benzene rings is 2. The van der Waals surface area contributed by atoms with Gasteiger partial charge in [0.1, 0.15) is 18.3 Å². The van der Waals surface area contributed by atoms with Crippen LogP contribution in [0.2, 0.25) is 0 Å². The predicted octanol–water partition coefficient (Wildman–Crippen LogP) is 4.19. The maximum absolute atomic E-state index is 12.7. The number of ether oxygens (including phenoxy) is 2. The summed E-state index contributed by atoms with van der Waals surface area (Å²) in [6.07, 6.45) is 3.07. The van der Waals surface area contributed by atoms with Gasteiger partial charge in [0.15, 0.2) is 0 Å². The number of H-pyrrole nitrogens is 1. The summed E-state index contributed by atoms with van der Waals surface area (Å²) < 4.78 is 10.5. The average molecular weight is 441 g/mol. The number of nitrogens with zero attached hydrogens (tertiary/aromatic N) is 1. The number of aromatic amines is 1. The van der Waals surface area contributed by atoms with E-state index in [9.17, 15) is 9.59 Å². The number of amides is 1. The second-order valence-corrected chi connectivity index (χ2v) is 7.96. The largest absolute Gasteiger partial charge is 0.467 e. The van der Waals surface area contributed by atoms with Crippen LogP contribution in [0, 0.1) is 0 Å². The van der Waals surface area contributed by atoms with Gasteiger partial charge in [0.25, 0.3) is 0 Å². The van der Waals surface area contributed by atoms with Gasteiger partial charge in [-0.25, -0.2) is 14.6 Å². The van der Waals surface area contributed by atoms with E-state index in [1.807, 2.05) is 36.4 Å². The number of fused-ring (bicyclic) bond motifs is 4. The van der Waals surface area contributed by atoms with Crippen molar-refractivity contribution >= 4 is 23.1 Å². The molecule has 2 aromatic heterocycles. The molecule has 7 nitrogen and oxygen atoms in total. The van der Waals surface area contributed by atoms with Crippen LogP contribution in [-0.2, 0) is 20.7 Å². The smallest absolute Gasteiger partial charge is 0.407 e. The molecule has 0 unspecified atom stereocenters. The van der Waals surface area contributed by atoms with Gasteiger partial charge in [-0.2, -0.15) is 0 Å². The van der Waals surface area contributed by atoms with Crippen molar-refractivity contribution in [1.82, 2.24) is 15.3 Å². The van der Waals surface area contributed by atoms with E-state index in [2.05, 4.69) is 39.6 Å². The van der Waals surface area contributed by atoms with Crippen molar-refractivity contribution in [1.29, 1.82) is 0 Å². The van der Waals surface area contributed by atoms with Crippen LogP contribution >= 0.6 is 0 Å². The Morgan fingerprint density at radius 1 is 1.03 bits per heavy atom. The van der Waals surface area contributed by atoms with Gasteiger partial charge >= 0.3 is 12.1 Å². The van der Waals surface area contributed by atoms with E-state index in [1.54, 1.807) is 12.4 Å². The van der Waals surface area contributed by atoms with Crippen LogP contribution in [0.4, 0.5) is 4.79 Å². The molecule has 5 rings (SSSR count). The Balaban J connectivity index is 1.29. The summed E-state index contributed by atoms with van der Waals surface area (Å²) in [7, 11) is 1.30. The Kier molecular flexibility index (Phi) is 5.52. The number of carbonyl (C=O) groups excluding carboxylic acids is 2. The summed E-state index contributed by atoms with van der Waals surface area (Å²) in [6, 6.07) is 19.1. The van der Waals surface area contributed by atoms with Crippen LogP contribution in [-0.4, -0.2) is 41.8 Å². The van der Waals surface area contributed by atoms with E-state index < -0.39 is 18.1 Å². The Hall–Kier alpha value is -4.13. The van der Waals surface area contributed by atoms with Gasteiger partial charge in [-0.3, -0.25) is 0 Å². The third-order valence-electron chi connectivity index (χ3n) is 6.08. The van der Waals surface area contributed by atoms with Crippen molar-refractivity contribution in [2.45, 2.75) is 18.4 Å². The highest BCUT2D eigenvalue weighted by Gasteiger charge is 2.30. The number of pyridine rings is 1. The molecule has 1 aliphatic rings. The molecule has 33 heavy (non-hydrogen) atoms. The minimum atomic E-state index is -0.884. The lowest BCUT2D eigenvalue weighted by Crippen LogP contribution is -2.43. The number of hydrogen-bond donors (Lipinski definition) is 2. The number of methoxy groups -OCH3 is 1. The second kappa shape index (κ2) is 8.78. The molecule has 1 amide bonds. The summed E-state index contributed by atoms with van der Waals surface area (Å²) in [5.74, 6) is -0.596. The number of alkyl carbamates (subject to hydrolysis) is 1. The number of nitrogens with one attached hydrogen (secondary N) is 2. The highest BCUT2D eigenvalue weighted by atomic mass is 16.6. The second-order valence-electron chi connectivity index (χ2n) is 7.96. The minimum absolute atomic E-state index is 0.0561. The van der Waals surface area contributed by atoms with Crippen molar-refractivity contribution in [3.63, 3.8) is 0 Å². The zero-order valence-corrected chi connectivity index (χ0v) is 18.1. The first-order valence-corrected chi connectivity index (χ1v) is 10.8. The fourth-order valence-electron chi connectivity index (χ4n) is 4.52. The Morgan fingerprint density at radius 3 is 2.42 bits per heavy atom. The molecule has 0 fully saturated rings.